The summed E-state index contributed by atoms with van der Waals surface area (Å²) in [6, 6.07) is 10.2. The van der Waals surface area contributed by atoms with Gasteiger partial charge in [0.1, 0.15) is 19.0 Å². The maximum atomic E-state index is 11.6. The van der Waals surface area contributed by atoms with Crippen molar-refractivity contribution in [2.24, 2.45) is 0 Å². The van der Waals surface area contributed by atoms with Crippen molar-refractivity contribution in [1.82, 2.24) is 5.32 Å². The molecule has 6 nitrogen and oxygen atoms in total. The van der Waals surface area contributed by atoms with Gasteiger partial charge in [0.25, 0.3) is 0 Å². The summed E-state index contributed by atoms with van der Waals surface area (Å²) in [5, 5.41) is 5.82. The third kappa shape index (κ3) is 5.59. The number of halogens is 1. The number of anilines is 1. The third-order valence-electron chi connectivity index (χ3n) is 2.63. The Bertz CT molecular complexity index is 611. The lowest BCUT2D eigenvalue weighted by Gasteiger charge is -2.07. The van der Waals surface area contributed by atoms with Crippen molar-refractivity contribution in [2.75, 3.05) is 18.5 Å². The molecule has 0 saturated carbocycles. The van der Waals surface area contributed by atoms with Crippen molar-refractivity contribution < 1.29 is 18.7 Å². The number of nitrogens with one attached hydrogen (secondary N) is 2. The summed E-state index contributed by atoms with van der Waals surface area (Å²) in [6.07, 6.45) is 1.53. The number of furan rings is 1. The molecule has 0 aliphatic heterocycles. The molecule has 0 aliphatic rings. The molecule has 22 heavy (non-hydrogen) atoms. The van der Waals surface area contributed by atoms with Gasteiger partial charge in [0.2, 0.25) is 11.8 Å². The van der Waals surface area contributed by atoms with Crippen molar-refractivity contribution in [1.29, 1.82) is 0 Å². The fourth-order valence-electron chi connectivity index (χ4n) is 1.62. The molecule has 0 spiro atoms. The van der Waals surface area contributed by atoms with E-state index in [-0.39, 0.29) is 31.6 Å². The van der Waals surface area contributed by atoms with Crippen LogP contribution in [0.3, 0.4) is 0 Å². The van der Waals surface area contributed by atoms with E-state index in [4.69, 9.17) is 20.8 Å². The molecule has 0 aliphatic carbocycles. The van der Waals surface area contributed by atoms with Crippen molar-refractivity contribution in [3.05, 3.63) is 53.4 Å². The summed E-state index contributed by atoms with van der Waals surface area (Å²) >= 11 is 5.74. The van der Waals surface area contributed by atoms with Gasteiger partial charge in [-0.05, 0) is 36.4 Å². The molecular weight excluding hydrogens is 308 g/mol. The van der Waals surface area contributed by atoms with Crippen LogP contribution < -0.4 is 10.6 Å². The van der Waals surface area contributed by atoms with Gasteiger partial charge >= 0.3 is 0 Å². The predicted octanol–water partition coefficient (Wildman–Crippen LogP) is 2.20. The van der Waals surface area contributed by atoms with Crippen LogP contribution in [0.25, 0.3) is 0 Å². The largest absolute Gasteiger partial charge is 0.467 e. The summed E-state index contributed by atoms with van der Waals surface area (Å²) in [7, 11) is 0. The fraction of sp³-hybridized carbons (Fsp3) is 0.200. The van der Waals surface area contributed by atoms with Gasteiger partial charge in [-0.15, -0.1) is 0 Å². The Morgan fingerprint density at radius 1 is 1.09 bits per heavy atom. The molecule has 2 aromatic rings. The van der Waals surface area contributed by atoms with E-state index in [2.05, 4.69) is 10.6 Å². The van der Waals surface area contributed by atoms with Crippen molar-refractivity contribution in [2.45, 2.75) is 6.54 Å². The Kier molecular flexibility index (Phi) is 6.00. The Balaban J connectivity index is 1.62. The van der Waals surface area contributed by atoms with E-state index >= 15 is 0 Å². The van der Waals surface area contributed by atoms with Gasteiger partial charge in [0.05, 0.1) is 12.8 Å². The standard InChI is InChI=1S/C15H15ClN2O4/c16-11-3-5-12(6-4-11)18-15(20)10-21-9-14(19)17-8-13-2-1-7-22-13/h1-7H,8-10H2,(H,17,19)(H,18,20). The predicted molar refractivity (Wildman–Crippen MR) is 81.5 cm³/mol. The fourth-order valence-corrected chi connectivity index (χ4v) is 1.74. The molecule has 0 fully saturated rings. The van der Waals surface area contributed by atoms with Crippen LogP contribution in [-0.2, 0) is 20.9 Å². The SMILES string of the molecule is O=C(COCC(=O)Nc1ccc(Cl)cc1)NCc1ccco1. The van der Waals surface area contributed by atoms with E-state index in [1.807, 2.05) is 0 Å². The van der Waals surface area contributed by atoms with Gasteiger partial charge in [-0.25, -0.2) is 0 Å². The average Bonchev–Trinajstić information content (AvgIpc) is 3.01. The minimum Gasteiger partial charge on any atom is -0.467 e. The second kappa shape index (κ2) is 8.21. The first kappa shape index (κ1) is 16.1. The highest BCUT2D eigenvalue weighted by Gasteiger charge is 2.06. The second-order valence-corrected chi connectivity index (χ2v) is 4.84. The van der Waals surface area contributed by atoms with Crippen LogP contribution in [0.4, 0.5) is 5.69 Å². The molecule has 2 N–H and O–H groups in total. The minimum absolute atomic E-state index is 0.200. The number of carbonyl (C=O) groups is 2. The maximum Gasteiger partial charge on any atom is 0.250 e. The van der Waals surface area contributed by atoms with Gasteiger partial charge in [0, 0.05) is 10.7 Å². The van der Waals surface area contributed by atoms with Crippen LogP contribution in [0, 0.1) is 0 Å². The molecule has 2 amide bonds. The molecule has 0 radical (unpaired) electrons. The van der Waals surface area contributed by atoms with Crippen LogP contribution in [-0.4, -0.2) is 25.0 Å². The summed E-state index contributed by atoms with van der Waals surface area (Å²) in [4.78, 5) is 23.1. The zero-order valence-corrected chi connectivity index (χ0v) is 12.4. The van der Waals surface area contributed by atoms with Crippen molar-refractivity contribution >= 4 is 29.1 Å². The van der Waals surface area contributed by atoms with Gasteiger partial charge < -0.3 is 19.8 Å². The first-order valence-electron chi connectivity index (χ1n) is 6.56. The van der Waals surface area contributed by atoms with E-state index in [9.17, 15) is 9.59 Å². The molecule has 1 aromatic carbocycles. The normalized spacial score (nSPS) is 10.2. The average molecular weight is 323 g/mol. The molecule has 1 heterocycles. The molecule has 7 heteroatoms. The highest BCUT2D eigenvalue weighted by atomic mass is 35.5. The summed E-state index contributed by atoms with van der Waals surface area (Å²) < 4.78 is 10.1. The lowest BCUT2D eigenvalue weighted by atomic mass is 10.3. The van der Waals surface area contributed by atoms with Crippen LogP contribution in [0.2, 0.25) is 5.02 Å². The molecular formula is C15H15ClN2O4. The number of rotatable bonds is 7. The minimum atomic E-state index is -0.346. The first-order chi connectivity index (χ1) is 10.6. The number of hydrogen-bond donors (Lipinski definition) is 2. The lowest BCUT2D eigenvalue weighted by Crippen LogP contribution is -2.29. The number of hydrogen-bond acceptors (Lipinski definition) is 4. The number of ether oxygens (including phenoxy) is 1. The molecule has 2 rings (SSSR count). The molecule has 0 unspecified atom stereocenters. The first-order valence-corrected chi connectivity index (χ1v) is 6.93. The summed E-state index contributed by atoms with van der Waals surface area (Å²) in [5.41, 5.74) is 0.611. The van der Waals surface area contributed by atoms with Crippen LogP contribution in [0.1, 0.15) is 5.76 Å². The topological polar surface area (TPSA) is 80.6 Å². The number of benzene rings is 1. The summed E-state index contributed by atoms with van der Waals surface area (Å²) in [6.45, 7) is -0.127. The van der Waals surface area contributed by atoms with Crippen LogP contribution in [0.5, 0.6) is 0 Å². The van der Waals surface area contributed by atoms with Crippen LogP contribution >= 0.6 is 11.6 Å². The van der Waals surface area contributed by atoms with E-state index in [0.29, 0.717) is 16.5 Å². The Labute approximate surface area is 132 Å². The number of carbonyl (C=O) groups excluding carboxylic acids is 2. The number of amides is 2. The van der Waals surface area contributed by atoms with Crippen molar-refractivity contribution in [3.63, 3.8) is 0 Å². The van der Waals surface area contributed by atoms with Crippen molar-refractivity contribution in [3.8, 4) is 0 Å². The van der Waals surface area contributed by atoms with Gasteiger partial charge in [-0.2, -0.15) is 0 Å². The van der Waals surface area contributed by atoms with E-state index in [1.165, 1.54) is 6.26 Å². The van der Waals surface area contributed by atoms with Gasteiger partial charge in [0.15, 0.2) is 0 Å². The molecule has 0 atom stereocenters. The highest BCUT2D eigenvalue weighted by molar-refractivity contribution is 6.30. The van der Waals surface area contributed by atoms with E-state index in [0.717, 1.165) is 0 Å². The third-order valence-corrected chi connectivity index (χ3v) is 2.89. The monoisotopic (exact) mass is 322 g/mol. The molecule has 0 bridgehead atoms. The quantitative estimate of drug-likeness (QED) is 0.819. The second-order valence-electron chi connectivity index (χ2n) is 4.40. The summed E-state index contributed by atoms with van der Waals surface area (Å²) in [5.74, 6) is -0.0225. The maximum absolute atomic E-state index is 11.6. The Morgan fingerprint density at radius 3 is 2.50 bits per heavy atom. The van der Waals surface area contributed by atoms with E-state index in [1.54, 1.807) is 36.4 Å². The molecule has 116 valence electrons. The van der Waals surface area contributed by atoms with Gasteiger partial charge in [-0.1, -0.05) is 11.6 Å². The van der Waals surface area contributed by atoms with E-state index < -0.39 is 0 Å². The zero-order chi connectivity index (χ0) is 15.8. The molecule has 1 aromatic heterocycles. The smallest absolute Gasteiger partial charge is 0.250 e. The van der Waals surface area contributed by atoms with Gasteiger partial charge in [-0.3, -0.25) is 9.59 Å². The van der Waals surface area contributed by atoms with Crippen LogP contribution in [0.15, 0.2) is 47.1 Å². The highest BCUT2D eigenvalue weighted by Crippen LogP contribution is 2.13. The Hall–Kier alpha value is -2.31. The lowest BCUT2D eigenvalue weighted by molar-refractivity contribution is -0.128. The Morgan fingerprint density at radius 2 is 1.82 bits per heavy atom. The zero-order valence-electron chi connectivity index (χ0n) is 11.7. The molecule has 0 saturated heterocycles.